The average molecular weight is 353 g/mol. The molecule has 0 bridgehead atoms. The van der Waals surface area contributed by atoms with E-state index in [1.807, 2.05) is 0 Å². The summed E-state index contributed by atoms with van der Waals surface area (Å²) in [6.45, 7) is 0.978. The minimum atomic E-state index is -5.19. The first-order valence-corrected chi connectivity index (χ1v) is 7.09. The molecule has 0 saturated carbocycles. The van der Waals surface area contributed by atoms with E-state index in [0.717, 1.165) is 6.92 Å². The van der Waals surface area contributed by atoms with Crippen molar-refractivity contribution < 1.29 is 32.6 Å². The molecule has 1 atom stereocenters. The van der Waals surface area contributed by atoms with Crippen LogP contribution in [-0.4, -0.2) is 23.2 Å². The SMILES string of the molecule is CC(NC(=O)C(F)(F)F)(C(=O)O)c1ccc(Oc2ccccc2)cc1. The summed E-state index contributed by atoms with van der Waals surface area (Å²) in [5.41, 5.74) is -2.27. The Morgan fingerprint density at radius 1 is 0.960 bits per heavy atom. The van der Waals surface area contributed by atoms with Crippen LogP contribution < -0.4 is 10.1 Å². The molecular weight excluding hydrogens is 339 g/mol. The summed E-state index contributed by atoms with van der Waals surface area (Å²) in [7, 11) is 0. The number of benzene rings is 2. The van der Waals surface area contributed by atoms with Gasteiger partial charge in [-0.25, -0.2) is 4.79 Å². The molecule has 0 aromatic heterocycles. The van der Waals surface area contributed by atoms with E-state index in [1.165, 1.54) is 29.6 Å². The van der Waals surface area contributed by atoms with Crippen LogP contribution in [0, 0.1) is 0 Å². The number of alkyl halides is 3. The number of carboxylic acid groups (broad SMARTS) is 1. The Labute approximate surface area is 141 Å². The Kier molecular flexibility index (Phi) is 5.01. The summed E-state index contributed by atoms with van der Waals surface area (Å²) in [6.07, 6.45) is -5.19. The molecule has 0 saturated heterocycles. The number of halogens is 3. The van der Waals surface area contributed by atoms with E-state index in [2.05, 4.69) is 0 Å². The molecule has 0 heterocycles. The number of nitrogens with one attached hydrogen (secondary N) is 1. The van der Waals surface area contributed by atoms with Crippen LogP contribution in [0.15, 0.2) is 54.6 Å². The van der Waals surface area contributed by atoms with Crippen molar-refractivity contribution in [3.8, 4) is 11.5 Å². The highest BCUT2D eigenvalue weighted by molar-refractivity contribution is 5.90. The lowest BCUT2D eigenvalue weighted by molar-refractivity contribution is -0.177. The van der Waals surface area contributed by atoms with Gasteiger partial charge in [0.15, 0.2) is 5.54 Å². The molecule has 2 rings (SSSR count). The van der Waals surface area contributed by atoms with Crippen LogP contribution in [0.25, 0.3) is 0 Å². The van der Waals surface area contributed by atoms with E-state index >= 15 is 0 Å². The minimum Gasteiger partial charge on any atom is -0.479 e. The number of hydrogen-bond donors (Lipinski definition) is 2. The number of ether oxygens (including phenoxy) is 1. The number of carbonyl (C=O) groups excluding carboxylic acids is 1. The number of carboxylic acids is 1. The number of amides is 1. The Balaban J connectivity index is 2.24. The van der Waals surface area contributed by atoms with Gasteiger partial charge in [0, 0.05) is 0 Å². The highest BCUT2D eigenvalue weighted by Gasteiger charge is 2.46. The molecule has 132 valence electrons. The van der Waals surface area contributed by atoms with E-state index in [1.54, 1.807) is 30.3 Å². The van der Waals surface area contributed by atoms with Crippen molar-refractivity contribution in [2.45, 2.75) is 18.6 Å². The van der Waals surface area contributed by atoms with Gasteiger partial charge in [-0.05, 0) is 36.8 Å². The monoisotopic (exact) mass is 353 g/mol. The summed E-state index contributed by atoms with van der Waals surface area (Å²) in [6, 6.07) is 14.1. The molecule has 1 amide bonds. The molecule has 2 aromatic rings. The van der Waals surface area contributed by atoms with E-state index in [4.69, 9.17) is 4.74 Å². The first-order valence-electron chi connectivity index (χ1n) is 7.09. The zero-order valence-corrected chi connectivity index (χ0v) is 13.0. The smallest absolute Gasteiger partial charge is 0.471 e. The molecular formula is C17H14F3NO4. The second-order valence-corrected chi connectivity index (χ2v) is 5.32. The zero-order chi connectivity index (χ0) is 18.7. The molecule has 0 aliphatic carbocycles. The molecule has 2 N–H and O–H groups in total. The van der Waals surface area contributed by atoms with Crippen LogP contribution in [0.5, 0.6) is 11.5 Å². The third-order valence-electron chi connectivity index (χ3n) is 3.46. The molecule has 0 radical (unpaired) electrons. The predicted molar refractivity (Wildman–Crippen MR) is 82.1 cm³/mol. The maximum Gasteiger partial charge on any atom is 0.471 e. The lowest BCUT2D eigenvalue weighted by Crippen LogP contribution is -2.53. The molecule has 25 heavy (non-hydrogen) atoms. The maximum absolute atomic E-state index is 12.4. The number of rotatable bonds is 5. The largest absolute Gasteiger partial charge is 0.479 e. The Morgan fingerprint density at radius 3 is 1.96 bits per heavy atom. The second-order valence-electron chi connectivity index (χ2n) is 5.32. The van der Waals surface area contributed by atoms with Crippen molar-refractivity contribution in [1.29, 1.82) is 0 Å². The van der Waals surface area contributed by atoms with Gasteiger partial charge in [0.05, 0.1) is 0 Å². The molecule has 0 spiro atoms. The van der Waals surface area contributed by atoms with Gasteiger partial charge in [-0.1, -0.05) is 30.3 Å². The maximum atomic E-state index is 12.4. The molecule has 1 unspecified atom stereocenters. The van der Waals surface area contributed by atoms with Crippen LogP contribution in [0.3, 0.4) is 0 Å². The molecule has 8 heteroatoms. The lowest BCUT2D eigenvalue weighted by atomic mass is 9.92. The number of hydrogen-bond acceptors (Lipinski definition) is 3. The first kappa shape index (κ1) is 18.3. The fraction of sp³-hybridized carbons (Fsp3) is 0.176. The van der Waals surface area contributed by atoms with Gasteiger partial charge < -0.3 is 15.2 Å². The molecule has 0 aliphatic heterocycles. The van der Waals surface area contributed by atoms with E-state index < -0.39 is 23.6 Å². The van der Waals surface area contributed by atoms with Crippen molar-refractivity contribution in [2.75, 3.05) is 0 Å². The van der Waals surface area contributed by atoms with Gasteiger partial charge in [0.1, 0.15) is 11.5 Å². The number of aliphatic carboxylic acids is 1. The van der Waals surface area contributed by atoms with E-state index in [9.17, 15) is 27.9 Å². The Bertz CT molecular complexity index is 760. The summed E-state index contributed by atoms with van der Waals surface area (Å²) in [5.74, 6) is -3.05. The standard InChI is InChI=1S/C17H14F3NO4/c1-16(15(23)24,21-14(22)17(18,19)20)11-7-9-13(10-8-11)25-12-5-3-2-4-6-12/h2-10H,1H3,(H,21,22)(H,23,24). The summed E-state index contributed by atoms with van der Waals surface area (Å²) < 4.78 is 42.8. The van der Waals surface area contributed by atoms with Gasteiger partial charge >= 0.3 is 18.1 Å². The van der Waals surface area contributed by atoms with Gasteiger partial charge in [-0.2, -0.15) is 13.2 Å². The first-order chi connectivity index (χ1) is 11.6. The average Bonchev–Trinajstić information content (AvgIpc) is 2.55. The van der Waals surface area contributed by atoms with Gasteiger partial charge in [0.25, 0.3) is 0 Å². The molecule has 5 nitrogen and oxygen atoms in total. The van der Waals surface area contributed by atoms with Crippen molar-refractivity contribution >= 4 is 11.9 Å². The van der Waals surface area contributed by atoms with Gasteiger partial charge in [-0.3, -0.25) is 4.79 Å². The Morgan fingerprint density at radius 2 is 1.48 bits per heavy atom. The van der Waals surface area contributed by atoms with Crippen LogP contribution in [0.1, 0.15) is 12.5 Å². The zero-order valence-electron chi connectivity index (χ0n) is 13.0. The molecule has 2 aromatic carbocycles. The second kappa shape index (κ2) is 6.84. The van der Waals surface area contributed by atoms with Crippen LogP contribution in [0.4, 0.5) is 13.2 Å². The van der Waals surface area contributed by atoms with Crippen LogP contribution in [-0.2, 0) is 15.1 Å². The fourth-order valence-electron chi connectivity index (χ4n) is 2.03. The molecule has 0 fully saturated rings. The van der Waals surface area contributed by atoms with Crippen molar-refractivity contribution in [3.05, 3.63) is 60.2 Å². The number of carbonyl (C=O) groups is 2. The quantitative estimate of drug-likeness (QED) is 0.863. The summed E-state index contributed by atoms with van der Waals surface area (Å²) >= 11 is 0. The summed E-state index contributed by atoms with van der Waals surface area (Å²) in [5, 5.41) is 10.8. The predicted octanol–water partition coefficient (Wildman–Crippen LogP) is 3.46. The van der Waals surface area contributed by atoms with Crippen LogP contribution >= 0.6 is 0 Å². The number of para-hydroxylation sites is 1. The normalized spacial score (nSPS) is 13.6. The topological polar surface area (TPSA) is 75.6 Å². The van der Waals surface area contributed by atoms with E-state index in [0.29, 0.717) is 11.5 Å². The highest BCUT2D eigenvalue weighted by atomic mass is 19.4. The fourth-order valence-corrected chi connectivity index (χ4v) is 2.03. The van der Waals surface area contributed by atoms with Crippen molar-refractivity contribution in [2.24, 2.45) is 0 Å². The van der Waals surface area contributed by atoms with Crippen LogP contribution in [0.2, 0.25) is 0 Å². The molecule has 0 aliphatic rings. The summed E-state index contributed by atoms with van der Waals surface area (Å²) in [4.78, 5) is 22.6. The van der Waals surface area contributed by atoms with Crippen molar-refractivity contribution in [3.63, 3.8) is 0 Å². The third-order valence-corrected chi connectivity index (χ3v) is 3.46. The highest BCUT2D eigenvalue weighted by Crippen LogP contribution is 2.28. The van der Waals surface area contributed by atoms with Gasteiger partial charge in [-0.15, -0.1) is 0 Å². The van der Waals surface area contributed by atoms with Crippen molar-refractivity contribution in [1.82, 2.24) is 5.32 Å². The van der Waals surface area contributed by atoms with Gasteiger partial charge in [0.2, 0.25) is 0 Å². The lowest BCUT2D eigenvalue weighted by Gasteiger charge is -2.27. The Hall–Kier alpha value is -3.03. The van der Waals surface area contributed by atoms with E-state index in [-0.39, 0.29) is 5.56 Å². The minimum absolute atomic E-state index is 0.0296. The third kappa shape index (κ3) is 4.28.